The van der Waals surface area contributed by atoms with Gasteiger partial charge in [-0.15, -0.1) is 11.3 Å². The van der Waals surface area contributed by atoms with Gasteiger partial charge in [-0.05, 0) is 70.3 Å². The zero-order chi connectivity index (χ0) is 25.7. The molecule has 6 aromatic rings. The van der Waals surface area contributed by atoms with E-state index in [1.54, 1.807) is 0 Å². The van der Waals surface area contributed by atoms with Gasteiger partial charge in [0, 0.05) is 42.9 Å². The van der Waals surface area contributed by atoms with Crippen molar-refractivity contribution in [1.29, 1.82) is 0 Å². The molecule has 184 valence electrons. The van der Waals surface area contributed by atoms with Crippen molar-refractivity contribution < 1.29 is 0 Å². The quantitative estimate of drug-likeness (QED) is 0.221. The molecule has 2 aliphatic carbocycles. The lowest BCUT2D eigenvalue weighted by Crippen LogP contribution is -2.39. The molecule has 0 fully saturated rings. The molecule has 39 heavy (non-hydrogen) atoms. The van der Waals surface area contributed by atoms with Crippen LogP contribution in [0.3, 0.4) is 0 Å². The lowest BCUT2D eigenvalue weighted by Gasteiger charge is -2.34. The Kier molecular flexibility index (Phi) is 4.19. The van der Waals surface area contributed by atoms with Crippen LogP contribution in [0.2, 0.25) is 0 Å². The number of anilines is 2. The molecule has 0 saturated carbocycles. The molecule has 2 heteroatoms. The van der Waals surface area contributed by atoms with Gasteiger partial charge in [0.15, 0.2) is 0 Å². The molecule has 3 aliphatic rings. The van der Waals surface area contributed by atoms with Crippen molar-refractivity contribution in [2.24, 2.45) is 0 Å². The van der Waals surface area contributed by atoms with Crippen molar-refractivity contribution in [3.63, 3.8) is 0 Å². The van der Waals surface area contributed by atoms with Gasteiger partial charge in [0.25, 0.3) is 0 Å². The Bertz CT molecular complexity index is 2040. The summed E-state index contributed by atoms with van der Waals surface area (Å²) in [5.74, 6) is 0. The minimum absolute atomic E-state index is 0.0769. The second kappa shape index (κ2) is 7.59. The molecule has 1 aliphatic heterocycles. The monoisotopic (exact) mass is 515 g/mol. The van der Waals surface area contributed by atoms with Gasteiger partial charge < -0.3 is 4.90 Å². The summed E-state index contributed by atoms with van der Waals surface area (Å²) in [5, 5.41) is 4.11. The largest absolute Gasteiger partial charge is 0.333 e. The SMILES string of the molecule is CC12C=CC=CC1N(c1ccccc1)c1ccc(-c3ccc4c5c(sc4c3)-c3cccc4cccc-5c34)cc12. The molecule has 2 atom stereocenters. The fraction of sp³-hybridized carbons (Fsp3) is 0.0811. The lowest BCUT2D eigenvalue weighted by atomic mass is 9.75. The molecule has 2 heterocycles. The Morgan fingerprint density at radius 3 is 2.41 bits per heavy atom. The summed E-state index contributed by atoms with van der Waals surface area (Å²) in [7, 11) is 0. The van der Waals surface area contributed by atoms with E-state index >= 15 is 0 Å². The predicted octanol–water partition coefficient (Wildman–Crippen LogP) is 10.3. The molecule has 9 rings (SSSR count). The van der Waals surface area contributed by atoms with Crippen LogP contribution in [-0.4, -0.2) is 6.04 Å². The zero-order valence-corrected chi connectivity index (χ0v) is 22.4. The average Bonchev–Trinajstić information content (AvgIpc) is 3.60. The molecule has 1 nitrogen and oxygen atoms in total. The molecule has 5 aromatic carbocycles. The van der Waals surface area contributed by atoms with Gasteiger partial charge in [0.05, 0.1) is 6.04 Å². The number of rotatable bonds is 2. The average molecular weight is 516 g/mol. The fourth-order valence-electron chi connectivity index (χ4n) is 7.19. The van der Waals surface area contributed by atoms with Crippen LogP contribution >= 0.6 is 11.3 Å². The third kappa shape index (κ3) is 2.79. The fourth-order valence-corrected chi connectivity index (χ4v) is 8.48. The van der Waals surface area contributed by atoms with E-state index in [4.69, 9.17) is 0 Å². The van der Waals surface area contributed by atoms with Gasteiger partial charge >= 0.3 is 0 Å². The van der Waals surface area contributed by atoms with E-state index in [0.717, 1.165) is 0 Å². The van der Waals surface area contributed by atoms with E-state index in [0.29, 0.717) is 0 Å². The highest BCUT2D eigenvalue weighted by Crippen LogP contribution is 2.55. The Morgan fingerprint density at radius 1 is 0.744 bits per heavy atom. The van der Waals surface area contributed by atoms with Gasteiger partial charge in [0.2, 0.25) is 0 Å². The third-order valence-electron chi connectivity index (χ3n) is 9.05. The zero-order valence-electron chi connectivity index (χ0n) is 21.6. The standard InChI is InChI=1S/C37H25NS/c1-37-20-6-5-15-33(37)38(26-11-3-2-4-12-26)31-19-17-24(21-30(31)37)25-16-18-27-32(22-25)39-36-29-14-8-10-23-9-7-13-28(34(23)29)35(27)36/h2-22,33H,1H3. The summed E-state index contributed by atoms with van der Waals surface area (Å²) in [5.41, 5.74) is 10.6. The third-order valence-corrected chi connectivity index (χ3v) is 10.2. The van der Waals surface area contributed by atoms with Crippen LogP contribution in [0.25, 0.3) is 53.6 Å². The topological polar surface area (TPSA) is 3.24 Å². The Balaban J connectivity index is 1.19. The van der Waals surface area contributed by atoms with Crippen LogP contribution in [-0.2, 0) is 5.41 Å². The van der Waals surface area contributed by atoms with E-state index in [-0.39, 0.29) is 11.5 Å². The number of para-hydroxylation sites is 1. The van der Waals surface area contributed by atoms with Crippen LogP contribution in [0.15, 0.2) is 127 Å². The maximum absolute atomic E-state index is 2.50. The molecular weight excluding hydrogens is 490 g/mol. The van der Waals surface area contributed by atoms with Crippen molar-refractivity contribution >= 4 is 43.6 Å². The summed E-state index contributed by atoms with van der Waals surface area (Å²) in [6, 6.07) is 38.6. The predicted molar refractivity (Wildman–Crippen MR) is 167 cm³/mol. The number of allylic oxidation sites excluding steroid dienone is 2. The van der Waals surface area contributed by atoms with E-state index in [2.05, 4.69) is 139 Å². The number of nitrogens with zero attached hydrogens (tertiary/aromatic N) is 1. The first-order valence-corrected chi connectivity index (χ1v) is 14.5. The maximum atomic E-state index is 2.50. The Labute approximate surface area is 232 Å². The highest BCUT2D eigenvalue weighted by Gasteiger charge is 2.46. The summed E-state index contributed by atoms with van der Waals surface area (Å²) in [4.78, 5) is 3.92. The van der Waals surface area contributed by atoms with E-state index in [9.17, 15) is 0 Å². The Hall–Kier alpha value is -4.40. The highest BCUT2D eigenvalue weighted by molar-refractivity contribution is 7.23. The molecule has 0 amide bonds. The minimum Gasteiger partial charge on any atom is -0.333 e. The number of hydrogen-bond donors (Lipinski definition) is 0. The number of hydrogen-bond acceptors (Lipinski definition) is 2. The van der Waals surface area contributed by atoms with E-state index in [1.807, 2.05) is 11.3 Å². The van der Waals surface area contributed by atoms with Gasteiger partial charge in [-0.25, -0.2) is 0 Å². The smallest absolute Gasteiger partial charge is 0.0655 e. The highest BCUT2D eigenvalue weighted by atomic mass is 32.1. The molecular formula is C37H25NS. The molecule has 0 radical (unpaired) electrons. The van der Waals surface area contributed by atoms with Crippen LogP contribution in [0.1, 0.15) is 12.5 Å². The van der Waals surface area contributed by atoms with Crippen molar-refractivity contribution in [3.8, 4) is 32.7 Å². The van der Waals surface area contributed by atoms with E-state index in [1.165, 1.54) is 70.5 Å². The first-order chi connectivity index (χ1) is 19.2. The van der Waals surface area contributed by atoms with Gasteiger partial charge in [-0.1, -0.05) is 97.1 Å². The summed E-state index contributed by atoms with van der Waals surface area (Å²) in [6.07, 6.45) is 9.13. The minimum atomic E-state index is -0.0769. The van der Waals surface area contributed by atoms with Gasteiger partial charge in [-0.2, -0.15) is 0 Å². The second-order valence-corrected chi connectivity index (χ2v) is 12.2. The summed E-state index contributed by atoms with van der Waals surface area (Å²) in [6.45, 7) is 2.38. The number of thiophene rings is 1. The number of fused-ring (bicyclic) bond motifs is 8. The molecule has 0 bridgehead atoms. The number of benzene rings is 5. The molecule has 0 N–H and O–H groups in total. The van der Waals surface area contributed by atoms with Crippen LogP contribution in [0, 0.1) is 0 Å². The molecule has 2 unspecified atom stereocenters. The Morgan fingerprint density at radius 2 is 1.54 bits per heavy atom. The van der Waals surface area contributed by atoms with Crippen molar-refractivity contribution in [2.75, 3.05) is 4.90 Å². The second-order valence-electron chi connectivity index (χ2n) is 11.1. The van der Waals surface area contributed by atoms with Crippen LogP contribution in [0.4, 0.5) is 11.4 Å². The van der Waals surface area contributed by atoms with Crippen LogP contribution in [0.5, 0.6) is 0 Å². The lowest BCUT2D eigenvalue weighted by molar-refractivity contribution is 0.551. The normalized spacial score (nSPS) is 20.0. The first kappa shape index (κ1) is 21.5. The molecule has 0 saturated heterocycles. The maximum Gasteiger partial charge on any atom is 0.0655 e. The molecule has 1 aromatic heterocycles. The van der Waals surface area contributed by atoms with Crippen molar-refractivity contribution in [2.45, 2.75) is 18.4 Å². The molecule has 0 spiro atoms. The van der Waals surface area contributed by atoms with Gasteiger partial charge in [0.1, 0.15) is 0 Å². The van der Waals surface area contributed by atoms with Crippen molar-refractivity contribution in [1.82, 2.24) is 0 Å². The summed E-state index contributed by atoms with van der Waals surface area (Å²) >= 11 is 1.94. The van der Waals surface area contributed by atoms with Crippen molar-refractivity contribution in [3.05, 3.63) is 133 Å². The summed E-state index contributed by atoms with van der Waals surface area (Å²) < 4.78 is 1.36. The van der Waals surface area contributed by atoms with Crippen LogP contribution < -0.4 is 4.90 Å². The van der Waals surface area contributed by atoms with E-state index < -0.39 is 0 Å². The van der Waals surface area contributed by atoms with Gasteiger partial charge in [-0.3, -0.25) is 0 Å². The first-order valence-electron chi connectivity index (χ1n) is 13.6.